The molecule has 21 atom stereocenters. The van der Waals surface area contributed by atoms with Crippen LogP contribution in [0.4, 0.5) is 0 Å². The summed E-state index contributed by atoms with van der Waals surface area (Å²) in [4.78, 5) is 23.7. The number of esters is 1. The first-order valence-electron chi connectivity index (χ1n) is 21.4. The van der Waals surface area contributed by atoms with Crippen LogP contribution in [0.25, 0.3) is 0 Å². The van der Waals surface area contributed by atoms with Gasteiger partial charge in [0.1, 0.15) is 31.0 Å². The van der Waals surface area contributed by atoms with Gasteiger partial charge < -0.3 is 63.4 Å². The highest BCUT2D eigenvalue weighted by Crippen LogP contribution is 2.70. The summed E-state index contributed by atoms with van der Waals surface area (Å²) in [6.07, 6.45) is -1.35. The summed E-state index contributed by atoms with van der Waals surface area (Å²) in [5.41, 5.74) is -0.790. The van der Waals surface area contributed by atoms with E-state index in [9.17, 15) is 35.1 Å². The lowest BCUT2D eigenvalue weighted by atomic mass is 9.43. The van der Waals surface area contributed by atoms with E-state index in [0.717, 1.165) is 50.5 Å². The maximum Gasteiger partial charge on any atom is 0.331 e. The molecule has 57 heavy (non-hydrogen) atoms. The van der Waals surface area contributed by atoms with Crippen molar-refractivity contribution < 1.29 is 73.0 Å². The van der Waals surface area contributed by atoms with Gasteiger partial charge in [0, 0.05) is 43.1 Å². The average Bonchev–Trinajstić information content (AvgIpc) is 3.67. The molecule has 0 spiro atoms. The fourth-order valence-electron chi connectivity index (χ4n) is 13.0. The van der Waals surface area contributed by atoms with Crippen LogP contribution in [-0.4, -0.2) is 136 Å². The van der Waals surface area contributed by atoms with Crippen LogP contribution in [0.1, 0.15) is 105 Å². The molecule has 322 valence electrons. The van der Waals surface area contributed by atoms with E-state index in [4.69, 9.17) is 37.9 Å². The Hall–Kier alpha value is -1.76. The first-order valence-corrected chi connectivity index (χ1v) is 21.4. The smallest absolute Gasteiger partial charge is 0.331 e. The van der Waals surface area contributed by atoms with Crippen molar-refractivity contribution in [3.8, 4) is 0 Å². The zero-order valence-electron chi connectivity index (χ0n) is 33.9. The minimum Gasteiger partial charge on any atom is -0.464 e. The molecule has 8 aliphatic rings. The van der Waals surface area contributed by atoms with Crippen molar-refractivity contribution in [2.75, 3.05) is 6.61 Å². The van der Waals surface area contributed by atoms with E-state index in [1.165, 1.54) is 6.08 Å². The lowest BCUT2D eigenvalue weighted by Gasteiger charge is -2.63. The molecule has 4 aliphatic heterocycles. The lowest BCUT2D eigenvalue weighted by molar-refractivity contribution is -0.336. The summed E-state index contributed by atoms with van der Waals surface area (Å²) in [5.74, 6) is 0.0703. The van der Waals surface area contributed by atoms with Gasteiger partial charge in [-0.2, -0.15) is 0 Å². The predicted molar refractivity (Wildman–Crippen MR) is 198 cm³/mol. The summed E-state index contributed by atoms with van der Waals surface area (Å²) in [6, 6.07) is 0. The number of carbonyl (C=O) groups excluding carboxylic acids is 2. The van der Waals surface area contributed by atoms with E-state index in [-0.39, 0.29) is 55.2 Å². The van der Waals surface area contributed by atoms with E-state index in [1.807, 2.05) is 6.92 Å². The van der Waals surface area contributed by atoms with E-state index >= 15 is 0 Å². The molecule has 0 aromatic carbocycles. The molecule has 0 aromatic rings. The Balaban J connectivity index is 0.844. The predicted octanol–water partition coefficient (Wildman–Crippen LogP) is 2.40. The van der Waals surface area contributed by atoms with Gasteiger partial charge in [-0.1, -0.05) is 13.8 Å². The van der Waals surface area contributed by atoms with E-state index in [0.29, 0.717) is 24.7 Å². The Morgan fingerprint density at radius 2 is 1.37 bits per heavy atom. The third kappa shape index (κ3) is 7.42. The highest BCUT2D eigenvalue weighted by molar-refractivity contribution is 5.85. The second kappa shape index (κ2) is 15.9. The van der Waals surface area contributed by atoms with Gasteiger partial charge >= 0.3 is 5.97 Å². The van der Waals surface area contributed by atoms with Gasteiger partial charge in [0.2, 0.25) is 0 Å². The van der Waals surface area contributed by atoms with Gasteiger partial charge in [0.25, 0.3) is 6.47 Å². The number of aliphatic hydroxyl groups is 5. The Bertz CT molecular complexity index is 1470. The van der Waals surface area contributed by atoms with Crippen molar-refractivity contribution in [3.05, 3.63) is 11.6 Å². The van der Waals surface area contributed by atoms with Gasteiger partial charge in [-0.15, -0.1) is 0 Å². The minimum atomic E-state index is -1.05. The van der Waals surface area contributed by atoms with Crippen molar-refractivity contribution in [1.29, 1.82) is 0 Å². The van der Waals surface area contributed by atoms with Crippen LogP contribution in [0.3, 0.4) is 0 Å². The molecule has 3 saturated heterocycles. The number of aliphatic hydroxyl groups excluding tert-OH is 4. The summed E-state index contributed by atoms with van der Waals surface area (Å²) in [6.45, 7) is 10.4. The van der Waals surface area contributed by atoms with Crippen molar-refractivity contribution in [3.63, 3.8) is 0 Å². The van der Waals surface area contributed by atoms with Crippen LogP contribution in [-0.2, 0) is 47.5 Å². The third-order valence-corrected chi connectivity index (χ3v) is 16.0. The second-order valence-corrected chi connectivity index (χ2v) is 19.1. The van der Waals surface area contributed by atoms with Gasteiger partial charge in [0.05, 0.1) is 48.3 Å². The normalized spacial score (nSPS) is 53.9. The van der Waals surface area contributed by atoms with Crippen molar-refractivity contribution in [2.24, 2.45) is 34.5 Å². The molecule has 5 N–H and O–H groups in total. The highest BCUT2D eigenvalue weighted by Gasteiger charge is 2.71. The summed E-state index contributed by atoms with van der Waals surface area (Å²) < 4.78 is 47.8. The van der Waals surface area contributed by atoms with Crippen molar-refractivity contribution in [2.45, 2.75) is 197 Å². The second-order valence-electron chi connectivity index (χ2n) is 19.1. The van der Waals surface area contributed by atoms with Gasteiger partial charge in [0.15, 0.2) is 18.9 Å². The monoisotopic (exact) mass is 808 g/mol. The average molecular weight is 809 g/mol. The van der Waals surface area contributed by atoms with Gasteiger partial charge in [-0.3, -0.25) is 4.79 Å². The topological polar surface area (TPSA) is 209 Å². The van der Waals surface area contributed by atoms with Crippen molar-refractivity contribution >= 4 is 12.4 Å². The number of carbonyl (C=O) groups is 2. The maximum absolute atomic E-state index is 12.8. The molecule has 4 saturated carbocycles. The molecule has 0 radical (unpaired) electrons. The van der Waals surface area contributed by atoms with E-state index in [1.54, 1.807) is 13.8 Å². The molecule has 4 heterocycles. The largest absolute Gasteiger partial charge is 0.464 e. The quantitative estimate of drug-likeness (QED) is 0.129. The third-order valence-electron chi connectivity index (χ3n) is 16.0. The molecule has 0 amide bonds. The Labute approximate surface area is 334 Å². The SMILES string of the molecule is CC1OC(OC2C(O)CC(OC3C(O)CC(OC4CCC5(C)C(CCC6C5CCC5(C)C(C7=CC(=O)OC7)C(OC=O)CC65O)C4)OC3C)OC2C)CC(O)C1O. The molecular formula is C42H64O15. The standard InChI is InChI=1S/C42H64O15/c1-20-37(48)28(44)14-34(52-20)56-39-22(3)54-35(16-30(39)46)57-38-21(2)53-33(15-29(38)45)55-25-8-10-40(4)24(13-25)6-7-27-26(40)9-11-41(5)36(23-12-32(47)50-18-23)31(51-19-43)17-42(27,41)49/h12,19-22,24-31,33-39,44-46,48-49H,6-11,13-18H2,1-5H3. The van der Waals surface area contributed by atoms with Crippen LogP contribution in [0.15, 0.2) is 11.6 Å². The van der Waals surface area contributed by atoms with Crippen LogP contribution in [0.2, 0.25) is 0 Å². The molecule has 0 aromatic heterocycles. The number of ether oxygens (including phenoxy) is 8. The number of cyclic esters (lactones) is 1. The maximum atomic E-state index is 12.8. The minimum absolute atomic E-state index is 0.00114. The van der Waals surface area contributed by atoms with Gasteiger partial charge in [-0.05, 0) is 94.5 Å². The van der Waals surface area contributed by atoms with E-state index in [2.05, 4.69) is 13.8 Å². The molecule has 21 unspecified atom stereocenters. The molecule has 8 rings (SSSR count). The first kappa shape index (κ1) is 42.0. The summed E-state index contributed by atoms with van der Waals surface area (Å²) >= 11 is 0. The van der Waals surface area contributed by atoms with Crippen LogP contribution < -0.4 is 0 Å². The Morgan fingerprint density at radius 1 is 0.754 bits per heavy atom. The lowest BCUT2D eigenvalue weighted by Crippen LogP contribution is -2.62. The Kier molecular flexibility index (Phi) is 11.7. The fourth-order valence-corrected chi connectivity index (χ4v) is 13.0. The van der Waals surface area contributed by atoms with Gasteiger partial charge in [-0.25, -0.2) is 4.79 Å². The number of hydrogen-bond donors (Lipinski definition) is 5. The molecule has 0 bridgehead atoms. The molecule has 15 heteroatoms. The van der Waals surface area contributed by atoms with Crippen LogP contribution in [0.5, 0.6) is 0 Å². The highest BCUT2D eigenvalue weighted by atomic mass is 16.7. The molecule has 15 nitrogen and oxygen atoms in total. The zero-order valence-corrected chi connectivity index (χ0v) is 33.9. The van der Waals surface area contributed by atoms with Crippen molar-refractivity contribution in [1.82, 2.24) is 0 Å². The summed E-state index contributed by atoms with van der Waals surface area (Å²) in [5, 5.41) is 55.2. The molecular weight excluding hydrogens is 744 g/mol. The Morgan fingerprint density at radius 3 is 1.95 bits per heavy atom. The number of rotatable bonds is 9. The zero-order chi connectivity index (χ0) is 40.6. The first-order chi connectivity index (χ1) is 27.0. The van der Waals surface area contributed by atoms with Crippen LogP contribution >= 0.6 is 0 Å². The molecule has 7 fully saturated rings. The molecule has 4 aliphatic carbocycles. The fraction of sp³-hybridized carbons (Fsp3) is 0.905. The summed E-state index contributed by atoms with van der Waals surface area (Å²) in [7, 11) is 0. The number of fused-ring (bicyclic) bond motifs is 5. The number of hydrogen-bond acceptors (Lipinski definition) is 15. The van der Waals surface area contributed by atoms with Crippen LogP contribution in [0, 0.1) is 34.5 Å². The van der Waals surface area contributed by atoms with E-state index < -0.39 is 90.9 Å².